The Morgan fingerprint density at radius 3 is 2.46 bits per heavy atom. The zero-order chi connectivity index (χ0) is 17.1. The molecule has 0 aromatic heterocycles. The van der Waals surface area contributed by atoms with E-state index in [1.54, 1.807) is 12.1 Å². The molecule has 0 fully saturated rings. The number of hydrogen-bond donors (Lipinski definition) is 0. The van der Waals surface area contributed by atoms with E-state index >= 15 is 0 Å². The Kier molecular flexibility index (Phi) is 4.11. The first-order valence-corrected chi connectivity index (χ1v) is 7.12. The van der Waals surface area contributed by atoms with Gasteiger partial charge in [-0.2, -0.15) is 0 Å². The van der Waals surface area contributed by atoms with Crippen LogP contribution >= 0.6 is 0 Å². The number of methoxy groups -OCH3 is 1. The normalized spacial score (nSPS) is 10.4. The van der Waals surface area contributed by atoms with Gasteiger partial charge in [0.15, 0.2) is 0 Å². The van der Waals surface area contributed by atoms with Gasteiger partial charge in [0.1, 0.15) is 5.75 Å². The van der Waals surface area contributed by atoms with E-state index in [9.17, 15) is 14.9 Å². The topological polar surface area (TPSA) is 78.7 Å². The van der Waals surface area contributed by atoms with Gasteiger partial charge in [0.2, 0.25) is 5.75 Å². The molecule has 0 bridgehead atoms. The number of esters is 1. The van der Waals surface area contributed by atoms with Gasteiger partial charge >= 0.3 is 11.7 Å². The van der Waals surface area contributed by atoms with Crippen LogP contribution in [0.2, 0.25) is 0 Å². The summed E-state index contributed by atoms with van der Waals surface area (Å²) in [6.07, 6.45) is 0. The summed E-state index contributed by atoms with van der Waals surface area (Å²) in [5.74, 6) is -0.110. The lowest BCUT2D eigenvalue weighted by Gasteiger charge is -2.08. The third-order valence-electron chi connectivity index (χ3n) is 3.53. The quantitative estimate of drug-likeness (QED) is 0.406. The van der Waals surface area contributed by atoms with Crippen LogP contribution in [0.25, 0.3) is 10.8 Å². The van der Waals surface area contributed by atoms with Crippen molar-refractivity contribution in [2.75, 3.05) is 7.11 Å². The van der Waals surface area contributed by atoms with Gasteiger partial charge in [0.25, 0.3) is 0 Å². The highest BCUT2D eigenvalue weighted by Gasteiger charge is 2.19. The molecular weight excluding hydrogens is 310 g/mol. The molecule has 0 aliphatic carbocycles. The molecule has 0 aliphatic heterocycles. The maximum atomic E-state index is 11.5. The van der Waals surface area contributed by atoms with Crippen LogP contribution in [0, 0.1) is 10.1 Å². The summed E-state index contributed by atoms with van der Waals surface area (Å²) in [5.41, 5.74) is -0.207. The molecule has 120 valence electrons. The molecule has 0 unspecified atom stereocenters. The van der Waals surface area contributed by atoms with Crippen LogP contribution in [0.5, 0.6) is 11.5 Å². The van der Waals surface area contributed by atoms with Gasteiger partial charge in [-0.25, -0.2) is 4.79 Å². The molecule has 3 rings (SSSR count). The highest BCUT2D eigenvalue weighted by atomic mass is 16.6. The maximum Gasteiger partial charge on any atom is 0.338 e. The number of fused-ring (bicyclic) bond motifs is 1. The second-order valence-corrected chi connectivity index (χ2v) is 5.04. The van der Waals surface area contributed by atoms with E-state index in [4.69, 9.17) is 4.74 Å². The molecule has 6 heteroatoms. The third-order valence-corrected chi connectivity index (χ3v) is 3.53. The number of nitro benzene ring substituents is 1. The SMILES string of the molecule is COC(=O)c1ccc(Oc2ccc3ccccc3c2)c([N+](=O)[O-])c1. The Labute approximate surface area is 137 Å². The van der Waals surface area contributed by atoms with Crippen LogP contribution < -0.4 is 4.74 Å². The summed E-state index contributed by atoms with van der Waals surface area (Å²) < 4.78 is 10.2. The zero-order valence-electron chi connectivity index (χ0n) is 12.8. The van der Waals surface area contributed by atoms with Gasteiger partial charge in [0, 0.05) is 6.07 Å². The molecule has 24 heavy (non-hydrogen) atoms. The van der Waals surface area contributed by atoms with Crippen molar-refractivity contribution in [3.8, 4) is 11.5 Å². The van der Waals surface area contributed by atoms with Crippen molar-refractivity contribution in [1.82, 2.24) is 0 Å². The highest BCUT2D eigenvalue weighted by molar-refractivity contribution is 5.90. The average Bonchev–Trinajstić information content (AvgIpc) is 2.61. The standard InChI is InChI=1S/C18H13NO5/c1-23-18(20)14-7-9-17(16(11-14)19(21)22)24-15-8-6-12-4-2-3-5-13(12)10-15/h2-11H,1H3. The van der Waals surface area contributed by atoms with Crippen LogP contribution in [0.15, 0.2) is 60.7 Å². The molecule has 0 radical (unpaired) electrons. The summed E-state index contributed by atoms with van der Waals surface area (Å²) in [6.45, 7) is 0. The van der Waals surface area contributed by atoms with Crippen LogP contribution in [0.4, 0.5) is 5.69 Å². The molecule has 0 amide bonds. The Hall–Kier alpha value is -3.41. The summed E-state index contributed by atoms with van der Waals surface area (Å²) in [5, 5.41) is 13.3. The fourth-order valence-corrected chi connectivity index (χ4v) is 2.35. The molecule has 6 nitrogen and oxygen atoms in total. The summed E-state index contributed by atoms with van der Waals surface area (Å²) in [4.78, 5) is 22.2. The predicted molar refractivity (Wildman–Crippen MR) is 88.5 cm³/mol. The largest absolute Gasteiger partial charge is 0.465 e. The van der Waals surface area contributed by atoms with E-state index in [2.05, 4.69) is 4.74 Å². The van der Waals surface area contributed by atoms with E-state index in [1.165, 1.54) is 19.2 Å². The summed E-state index contributed by atoms with van der Waals surface area (Å²) in [6, 6.07) is 17.1. The van der Waals surface area contributed by atoms with E-state index in [0.717, 1.165) is 16.8 Å². The fourth-order valence-electron chi connectivity index (χ4n) is 2.35. The summed E-state index contributed by atoms with van der Waals surface area (Å²) >= 11 is 0. The second kappa shape index (κ2) is 6.37. The molecule has 3 aromatic carbocycles. The number of nitro groups is 1. The van der Waals surface area contributed by atoms with Crippen molar-refractivity contribution >= 4 is 22.4 Å². The second-order valence-electron chi connectivity index (χ2n) is 5.04. The first-order valence-electron chi connectivity index (χ1n) is 7.12. The van der Waals surface area contributed by atoms with Gasteiger partial charge in [0.05, 0.1) is 17.6 Å². The Morgan fingerprint density at radius 1 is 1.00 bits per heavy atom. The molecule has 3 aromatic rings. The fraction of sp³-hybridized carbons (Fsp3) is 0.0556. The molecule has 0 saturated heterocycles. The molecular formula is C18H13NO5. The van der Waals surface area contributed by atoms with Crippen LogP contribution in [-0.2, 0) is 4.74 Å². The minimum atomic E-state index is -0.643. The number of carbonyl (C=O) groups is 1. The van der Waals surface area contributed by atoms with Crippen LogP contribution in [0.3, 0.4) is 0 Å². The number of nitrogens with zero attached hydrogens (tertiary/aromatic N) is 1. The Balaban J connectivity index is 1.98. The highest BCUT2D eigenvalue weighted by Crippen LogP contribution is 2.33. The smallest absolute Gasteiger partial charge is 0.338 e. The lowest BCUT2D eigenvalue weighted by Crippen LogP contribution is -2.03. The van der Waals surface area contributed by atoms with Crippen molar-refractivity contribution in [2.45, 2.75) is 0 Å². The number of rotatable bonds is 4. The van der Waals surface area contributed by atoms with E-state index in [0.29, 0.717) is 5.75 Å². The zero-order valence-corrected chi connectivity index (χ0v) is 12.8. The molecule has 0 N–H and O–H groups in total. The number of carbonyl (C=O) groups excluding carboxylic acids is 1. The van der Waals surface area contributed by atoms with E-state index in [1.807, 2.05) is 30.3 Å². The van der Waals surface area contributed by atoms with Crippen molar-refractivity contribution in [1.29, 1.82) is 0 Å². The number of ether oxygens (including phenoxy) is 2. The van der Waals surface area contributed by atoms with Gasteiger partial charge < -0.3 is 9.47 Å². The minimum absolute atomic E-state index is 0.0583. The van der Waals surface area contributed by atoms with Crippen LogP contribution in [0.1, 0.15) is 10.4 Å². The monoisotopic (exact) mass is 323 g/mol. The van der Waals surface area contributed by atoms with Crippen molar-refractivity contribution in [3.05, 3.63) is 76.3 Å². The Morgan fingerprint density at radius 2 is 1.75 bits per heavy atom. The van der Waals surface area contributed by atoms with Gasteiger partial charge in [-0.05, 0) is 35.0 Å². The third kappa shape index (κ3) is 3.03. The van der Waals surface area contributed by atoms with Crippen molar-refractivity contribution in [3.63, 3.8) is 0 Å². The van der Waals surface area contributed by atoms with Gasteiger partial charge in [-0.15, -0.1) is 0 Å². The van der Waals surface area contributed by atoms with Crippen molar-refractivity contribution < 1.29 is 19.2 Å². The van der Waals surface area contributed by atoms with Crippen LogP contribution in [-0.4, -0.2) is 18.0 Å². The molecule has 0 saturated carbocycles. The van der Waals surface area contributed by atoms with Crippen molar-refractivity contribution in [2.24, 2.45) is 0 Å². The first kappa shape index (κ1) is 15.5. The number of hydrogen-bond acceptors (Lipinski definition) is 5. The van der Waals surface area contributed by atoms with Gasteiger partial charge in [-0.3, -0.25) is 10.1 Å². The minimum Gasteiger partial charge on any atom is -0.465 e. The predicted octanol–water partition coefficient (Wildman–Crippen LogP) is 4.33. The molecule has 0 atom stereocenters. The molecule has 0 aliphatic rings. The first-order chi connectivity index (χ1) is 11.6. The maximum absolute atomic E-state index is 11.5. The lowest BCUT2D eigenvalue weighted by molar-refractivity contribution is -0.385. The average molecular weight is 323 g/mol. The molecule has 0 heterocycles. The lowest BCUT2D eigenvalue weighted by atomic mass is 10.1. The Bertz CT molecular complexity index is 936. The molecule has 0 spiro atoms. The van der Waals surface area contributed by atoms with E-state index in [-0.39, 0.29) is 17.0 Å². The van der Waals surface area contributed by atoms with E-state index < -0.39 is 10.9 Å². The van der Waals surface area contributed by atoms with Gasteiger partial charge in [-0.1, -0.05) is 30.3 Å². The number of benzene rings is 3. The summed E-state index contributed by atoms with van der Waals surface area (Å²) in [7, 11) is 1.22.